The Kier molecular flexibility index (Phi) is 3.58. The van der Waals surface area contributed by atoms with Crippen LogP contribution in [0, 0.1) is 11.3 Å². The third-order valence-electron chi connectivity index (χ3n) is 4.62. The third-order valence-corrected chi connectivity index (χ3v) is 4.62. The summed E-state index contributed by atoms with van der Waals surface area (Å²) in [6.45, 7) is 5.73. The minimum atomic E-state index is 0.137. The molecule has 3 nitrogen and oxygen atoms in total. The number of fused-ring (bicyclic) bond motifs is 1. The molecule has 0 saturated carbocycles. The van der Waals surface area contributed by atoms with Crippen LogP contribution in [-0.4, -0.2) is 18.4 Å². The molecular weight excluding hydrogens is 258 g/mol. The van der Waals surface area contributed by atoms with Gasteiger partial charge in [0.05, 0.1) is 0 Å². The van der Waals surface area contributed by atoms with E-state index >= 15 is 0 Å². The zero-order valence-corrected chi connectivity index (χ0v) is 12.8. The Bertz CT molecular complexity index is 677. The van der Waals surface area contributed by atoms with E-state index in [1.165, 1.54) is 23.9 Å². The van der Waals surface area contributed by atoms with Gasteiger partial charge in [-0.05, 0) is 43.2 Å². The van der Waals surface area contributed by atoms with Gasteiger partial charge in [0.25, 0.3) is 0 Å². The quantitative estimate of drug-likeness (QED) is 0.650. The van der Waals surface area contributed by atoms with Gasteiger partial charge < -0.3 is 10.6 Å². The van der Waals surface area contributed by atoms with E-state index in [0.29, 0.717) is 6.04 Å². The lowest BCUT2D eigenvalue weighted by Gasteiger charge is -2.39. The molecule has 0 amide bonds. The Hall–Kier alpha value is -2.03. The zero-order chi connectivity index (χ0) is 15.0. The highest BCUT2D eigenvalue weighted by atomic mass is 15.2. The van der Waals surface area contributed by atoms with Gasteiger partial charge in [-0.3, -0.25) is 5.41 Å². The number of nitrogens with two attached hydrogens (primary N) is 1. The number of hydrogen-bond donors (Lipinski definition) is 2. The van der Waals surface area contributed by atoms with Crippen molar-refractivity contribution in [3.63, 3.8) is 0 Å². The third kappa shape index (κ3) is 2.48. The van der Waals surface area contributed by atoms with Gasteiger partial charge in [-0.25, -0.2) is 0 Å². The Balaban J connectivity index is 2.15. The molecule has 0 aliphatic carbocycles. The maximum absolute atomic E-state index is 7.77. The normalized spacial score (nSPS) is 22.5. The smallest absolute Gasteiger partial charge is 0.123 e. The van der Waals surface area contributed by atoms with Gasteiger partial charge in [0.2, 0.25) is 0 Å². The maximum Gasteiger partial charge on any atom is 0.123 e. The molecule has 1 saturated heterocycles. The number of rotatable bonds is 2. The Morgan fingerprint density at radius 3 is 2.52 bits per heavy atom. The average Bonchev–Trinajstić information content (AvgIpc) is 2.48. The first-order valence-electron chi connectivity index (χ1n) is 7.70. The molecule has 3 heteroatoms. The zero-order valence-electron chi connectivity index (χ0n) is 12.8. The van der Waals surface area contributed by atoms with Crippen molar-refractivity contribution in [2.75, 3.05) is 11.4 Å². The standard InChI is InChI=1S/C18H23N3/c1-12-7-8-13(2)21(11-12)17-10-9-16(18(19)20)14-5-3-4-6-15(14)17/h3-6,9-10,12-13H,7-8,11H2,1-2H3,(H3,19,20). The largest absolute Gasteiger partial charge is 0.384 e. The van der Waals surface area contributed by atoms with Crippen molar-refractivity contribution in [2.24, 2.45) is 11.7 Å². The Morgan fingerprint density at radius 1 is 1.10 bits per heavy atom. The summed E-state index contributed by atoms with van der Waals surface area (Å²) in [7, 11) is 0. The highest BCUT2D eigenvalue weighted by Crippen LogP contribution is 2.34. The molecule has 3 N–H and O–H groups in total. The molecule has 1 heterocycles. The molecule has 0 bridgehead atoms. The second-order valence-electron chi connectivity index (χ2n) is 6.28. The summed E-state index contributed by atoms with van der Waals surface area (Å²) in [5, 5.41) is 10.0. The topological polar surface area (TPSA) is 53.1 Å². The molecule has 2 aromatic rings. The maximum atomic E-state index is 7.77. The fraction of sp³-hybridized carbons (Fsp3) is 0.389. The monoisotopic (exact) mass is 281 g/mol. The van der Waals surface area contributed by atoms with Crippen LogP contribution in [0.4, 0.5) is 5.69 Å². The summed E-state index contributed by atoms with van der Waals surface area (Å²) in [5.74, 6) is 0.866. The molecule has 2 aromatic carbocycles. The molecule has 3 rings (SSSR count). The van der Waals surface area contributed by atoms with Crippen molar-refractivity contribution >= 4 is 22.3 Å². The molecule has 1 fully saturated rings. The second-order valence-corrected chi connectivity index (χ2v) is 6.28. The van der Waals surface area contributed by atoms with E-state index in [1.807, 2.05) is 12.1 Å². The first-order valence-corrected chi connectivity index (χ1v) is 7.70. The highest BCUT2D eigenvalue weighted by Gasteiger charge is 2.24. The summed E-state index contributed by atoms with van der Waals surface area (Å²) in [6, 6.07) is 13.0. The fourth-order valence-corrected chi connectivity index (χ4v) is 3.39. The van der Waals surface area contributed by atoms with Crippen LogP contribution in [0.1, 0.15) is 32.3 Å². The summed E-state index contributed by atoms with van der Waals surface area (Å²) in [5.41, 5.74) is 7.83. The van der Waals surface area contributed by atoms with Crippen molar-refractivity contribution in [2.45, 2.75) is 32.7 Å². The molecular formula is C18H23N3. The molecule has 1 aliphatic heterocycles. The molecule has 0 radical (unpaired) electrons. The van der Waals surface area contributed by atoms with Crippen molar-refractivity contribution in [1.82, 2.24) is 0 Å². The van der Waals surface area contributed by atoms with Crippen molar-refractivity contribution in [3.05, 3.63) is 42.0 Å². The van der Waals surface area contributed by atoms with Gasteiger partial charge in [0, 0.05) is 29.2 Å². The van der Waals surface area contributed by atoms with Crippen molar-refractivity contribution in [3.8, 4) is 0 Å². The summed E-state index contributed by atoms with van der Waals surface area (Å²) in [6.07, 6.45) is 2.55. The van der Waals surface area contributed by atoms with Crippen LogP contribution in [0.5, 0.6) is 0 Å². The number of nitrogens with one attached hydrogen (secondary N) is 1. The molecule has 21 heavy (non-hydrogen) atoms. The molecule has 0 aromatic heterocycles. The first-order chi connectivity index (χ1) is 10.1. The van der Waals surface area contributed by atoms with Crippen LogP contribution in [0.15, 0.2) is 36.4 Å². The molecule has 0 spiro atoms. The lowest BCUT2D eigenvalue weighted by Crippen LogP contribution is -2.41. The predicted molar refractivity (Wildman–Crippen MR) is 90.2 cm³/mol. The first kappa shape index (κ1) is 13.9. The van der Waals surface area contributed by atoms with Gasteiger partial charge in [0.15, 0.2) is 0 Å². The number of anilines is 1. The van der Waals surface area contributed by atoms with Crippen LogP contribution in [0.25, 0.3) is 10.8 Å². The summed E-state index contributed by atoms with van der Waals surface area (Å²) in [4.78, 5) is 2.51. The predicted octanol–water partition coefficient (Wildman–Crippen LogP) is 3.75. The number of hydrogen-bond acceptors (Lipinski definition) is 2. The summed E-state index contributed by atoms with van der Waals surface area (Å²) < 4.78 is 0. The van der Waals surface area contributed by atoms with E-state index in [-0.39, 0.29) is 5.84 Å². The average molecular weight is 281 g/mol. The Labute approximate surface area is 126 Å². The Morgan fingerprint density at radius 2 is 1.81 bits per heavy atom. The fourth-order valence-electron chi connectivity index (χ4n) is 3.39. The van der Waals surface area contributed by atoms with Crippen LogP contribution in [-0.2, 0) is 0 Å². The minimum absolute atomic E-state index is 0.137. The van der Waals surface area contributed by atoms with Gasteiger partial charge in [-0.15, -0.1) is 0 Å². The van der Waals surface area contributed by atoms with Gasteiger partial charge in [-0.1, -0.05) is 31.2 Å². The van der Waals surface area contributed by atoms with E-state index in [2.05, 4.69) is 43.0 Å². The number of amidine groups is 1. The lowest BCUT2D eigenvalue weighted by molar-refractivity contribution is 0.391. The van der Waals surface area contributed by atoms with Crippen molar-refractivity contribution < 1.29 is 0 Å². The summed E-state index contributed by atoms with van der Waals surface area (Å²) >= 11 is 0. The van der Waals surface area contributed by atoms with Crippen LogP contribution >= 0.6 is 0 Å². The number of benzene rings is 2. The lowest BCUT2D eigenvalue weighted by atomic mass is 9.93. The van der Waals surface area contributed by atoms with Gasteiger partial charge in [-0.2, -0.15) is 0 Å². The van der Waals surface area contributed by atoms with Crippen LogP contribution in [0.2, 0.25) is 0 Å². The van der Waals surface area contributed by atoms with E-state index < -0.39 is 0 Å². The number of nitrogen functional groups attached to an aromatic ring is 1. The second kappa shape index (κ2) is 5.40. The van der Waals surface area contributed by atoms with Gasteiger partial charge >= 0.3 is 0 Å². The molecule has 1 aliphatic rings. The molecule has 110 valence electrons. The van der Waals surface area contributed by atoms with Gasteiger partial charge in [0.1, 0.15) is 5.84 Å². The van der Waals surface area contributed by atoms with Crippen LogP contribution in [0.3, 0.4) is 0 Å². The number of nitrogens with zero attached hydrogens (tertiary/aromatic N) is 1. The number of piperidine rings is 1. The van der Waals surface area contributed by atoms with E-state index in [1.54, 1.807) is 0 Å². The minimum Gasteiger partial charge on any atom is -0.384 e. The van der Waals surface area contributed by atoms with Crippen molar-refractivity contribution in [1.29, 1.82) is 5.41 Å². The SMILES string of the molecule is CC1CCC(C)N(c2ccc(C(=N)N)c3ccccc23)C1. The molecule has 2 unspecified atom stereocenters. The van der Waals surface area contributed by atoms with Crippen LogP contribution < -0.4 is 10.6 Å². The molecule has 2 atom stereocenters. The van der Waals surface area contributed by atoms with E-state index in [9.17, 15) is 0 Å². The highest BCUT2D eigenvalue weighted by molar-refractivity contribution is 6.10. The van der Waals surface area contributed by atoms with E-state index in [0.717, 1.165) is 23.4 Å². The van der Waals surface area contributed by atoms with E-state index in [4.69, 9.17) is 11.1 Å².